The van der Waals surface area contributed by atoms with E-state index < -0.39 is 6.10 Å². The highest BCUT2D eigenvalue weighted by Crippen LogP contribution is 2.24. The molecule has 2 aromatic rings. The zero-order valence-corrected chi connectivity index (χ0v) is 16.6. The highest BCUT2D eigenvalue weighted by Gasteiger charge is 2.23. The van der Waals surface area contributed by atoms with Gasteiger partial charge in [0.15, 0.2) is 6.10 Å². The molecule has 2 rings (SSSR count). The van der Waals surface area contributed by atoms with Crippen molar-refractivity contribution in [3.63, 3.8) is 0 Å². The largest absolute Gasteiger partial charge is 0.480 e. The van der Waals surface area contributed by atoms with Crippen LogP contribution in [0.1, 0.15) is 56.3 Å². The van der Waals surface area contributed by atoms with Crippen molar-refractivity contribution in [3.05, 3.63) is 65.2 Å². The normalized spacial score (nSPS) is 13.3. The molecular weight excluding hydrogens is 322 g/mol. The van der Waals surface area contributed by atoms with E-state index in [1.165, 1.54) is 5.56 Å². The summed E-state index contributed by atoms with van der Waals surface area (Å²) in [5, 5.41) is 3.21. The van der Waals surface area contributed by atoms with Gasteiger partial charge >= 0.3 is 0 Å². The molecule has 0 bridgehead atoms. The summed E-state index contributed by atoms with van der Waals surface area (Å²) in [6.45, 7) is 10.4. The van der Waals surface area contributed by atoms with Crippen molar-refractivity contribution in [2.75, 3.05) is 0 Å². The van der Waals surface area contributed by atoms with Crippen LogP contribution in [0.2, 0.25) is 0 Å². The van der Waals surface area contributed by atoms with Gasteiger partial charge in [0.25, 0.3) is 5.91 Å². The quantitative estimate of drug-likeness (QED) is 0.693. The molecule has 0 aliphatic rings. The minimum Gasteiger partial charge on any atom is -0.480 e. The predicted octanol–water partition coefficient (Wildman–Crippen LogP) is 5.36. The molecule has 0 saturated carbocycles. The van der Waals surface area contributed by atoms with E-state index in [-0.39, 0.29) is 11.9 Å². The van der Waals surface area contributed by atoms with Crippen molar-refractivity contribution in [2.45, 2.75) is 59.6 Å². The topological polar surface area (TPSA) is 38.3 Å². The Morgan fingerprint density at radius 2 is 1.73 bits per heavy atom. The van der Waals surface area contributed by atoms with Gasteiger partial charge in [0.2, 0.25) is 0 Å². The maximum atomic E-state index is 12.9. The van der Waals surface area contributed by atoms with Crippen LogP contribution in [0.15, 0.2) is 48.5 Å². The minimum absolute atomic E-state index is 0.0000404. The lowest BCUT2D eigenvalue weighted by Gasteiger charge is -2.25. The highest BCUT2D eigenvalue weighted by molar-refractivity contribution is 5.81. The average molecular weight is 354 g/mol. The van der Waals surface area contributed by atoms with E-state index in [2.05, 4.69) is 44.3 Å². The van der Waals surface area contributed by atoms with Gasteiger partial charge in [-0.3, -0.25) is 4.79 Å². The van der Waals surface area contributed by atoms with Crippen molar-refractivity contribution < 1.29 is 9.53 Å². The maximum absolute atomic E-state index is 12.9. The Kier molecular flexibility index (Phi) is 7.26. The molecular formula is C23H31NO2. The number of nitrogens with one attached hydrogen (secondary N) is 1. The van der Waals surface area contributed by atoms with Crippen LogP contribution in [0.5, 0.6) is 5.75 Å². The first kappa shape index (κ1) is 20.0. The predicted molar refractivity (Wildman–Crippen MR) is 107 cm³/mol. The van der Waals surface area contributed by atoms with Crippen LogP contribution >= 0.6 is 0 Å². The second-order valence-electron chi connectivity index (χ2n) is 7.31. The van der Waals surface area contributed by atoms with Crippen molar-refractivity contribution >= 4 is 5.91 Å². The van der Waals surface area contributed by atoms with Gasteiger partial charge in [0.1, 0.15) is 5.75 Å². The Balaban J connectivity index is 2.14. The van der Waals surface area contributed by atoms with Crippen LogP contribution in [-0.4, -0.2) is 12.0 Å². The smallest absolute Gasteiger partial charge is 0.261 e. The van der Waals surface area contributed by atoms with Crippen LogP contribution < -0.4 is 10.1 Å². The van der Waals surface area contributed by atoms with Crippen LogP contribution in [0.3, 0.4) is 0 Å². The summed E-state index contributed by atoms with van der Waals surface area (Å²) in [6, 6.07) is 16.1. The molecule has 140 valence electrons. The van der Waals surface area contributed by atoms with Crippen molar-refractivity contribution in [1.82, 2.24) is 5.32 Å². The third kappa shape index (κ3) is 5.35. The van der Waals surface area contributed by atoms with E-state index >= 15 is 0 Å². The van der Waals surface area contributed by atoms with E-state index in [1.807, 2.05) is 44.2 Å². The third-order valence-electron chi connectivity index (χ3n) is 4.71. The number of carbonyl (C=O) groups excluding carboxylic acids is 1. The Labute approximate surface area is 157 Å². The van der Waals surface area contributed by atoms with Gasteiger partial charge in [-0.2, -0.15) is 0 Å². The number of aryl methyl sites for hydroxylation is 1. The Morgan fingerprint density at radius 3 is 2.35 bits per heavy atom. The SMILES string of the molecule is CCC(Oc1cccc(C)c1C)C(=O)NC(CC(C)C)c1ccccc1. The standard InChI is InChI=1S/C23H31NO2/c1-6-21(26-22-14-10-11-17(4)18(22)5)23(25)24-20(15-16(2)3)19-12-8-7-9-13-19/h7-14,16,20-21H,6,15H2,1-5H3,(H,24,25). The number of benzene rings is 2. The molecule has 2 unspecified atom stereocenters. The number of amides is 1. The van der Waals surface area contributed by atoms with Gasteiger partial charge < -0.3 is 10.1 Å². The molecule has 0 radical (unpaired) electrons. The van der Waals surface area contributed by atoms with E-state index in [9.17, 15) is 4.79 Å². The molecule has 2 aromatic carbocycles. The second kappa shape index (κ2) is 9.42. The van der Waals surface area contributed by atoms with E-state index in [0.29, 0.717) is 12.3 Å². The summed E-state index contributed by atoms with van der Waals surface area (Å²) in [6.07, 6.45) is 1.03. The summed E-state index contributed by atoms with van der Waals surface area (Å²) < 4.78 is 6.07. The average Bonchev–Trinajstić information content (AvgIpc) is 2.62. The molecule has 0 fully saturated rings. The van der Waals surface area contributed by atoms with Gasteiger partial charge in [0, 0.05) is 0 Å². The van der Waals surface area contributed by atoms with Gasteiger partial charge in [0.05, 0.1) is 6.04 Å². The zero-order valence-electron chi connectivity index (χ0n) is 16.6. The molecule has 0 aromatic heterocycles. The fraction of sp³-hybridized carbons (Fsp3) is 0.435. The molecule has 0 saturated heterocycles. The first-order valence-corrected chi connectivity index (χ1v) is 9.50. The highest BCUT2D eigenvalue weighted by atomic mass is 16.5. The van der Waals surface area contributed by atoms with Gasteiger partial charge in [-0.05, 0) is 55.4 Å². The molecule has 3 nitrogen and oxygen atoms in total. The van der Waals surface area contributed by atoms with Crippen LogP contribution in [0, 0.1) is 19.8 Å². The molecule has 0 spiro atoms. The van der Waals surface area contributed by atoms with E-state index in [1.54, 1.807) is 0 Å². The van der Waals surface area contributed by atoms with Crippen molar-refractivity contribution in [1.29, 1.82) is 0 Å². The molecule has 2 atom stereocenters. The molecule has 0 aliphatic heterocycles. The number of rotatable bonds is 8. The van der Waals surface area contributed by atoms with E-state index in [0.717, 1.165) is 23.3 Å². The first-order valence-electron chi connectivity index (χ1n) is 9.50. The monoisotopic (exact) mass is 353 g/mol. The van der Waals surface area contributed by atoms with Crippen LogP contribution in [-0.2, 0) is 4.79 Å². The number of ether oxygens (including phenoxy) is 1. The lowest BCUT2D eigenvalue weighted by atomic mass is 9.96. The van der Waals surface area contributed by atoms with Crippen molar-refractivity contribution in [2.24, 2.45) is 5.92 Å². The van der Waals surface area contributed by atoms with Crippen LogP contribution in [0.25, 0.3) is 0 Å². The first-order chi connectivity index (χ1) is 12.4. The van der Waals surface area contributed by atoms with Crippen molar-refractivity contribution in [3.8, 4) is 5.75 Å². The number of hydrogen-bond donors (Lipinski definition) is 1. The molecule has 0 heterocycles. The van der Waals surface area contributed by atoms with E-state index in [4.69, 9.17) is 4.74 Å². The minimum atomic E-state index is -0.492. The van der Waals surface area contributed by atoms with Crippen LogP contribution in [0.4, 0.5) is 0 Å². The third-order valence-corrected chi connectivity index (χ3v) is 4.71. The lowest BCUT2D eigenvalue weighted by molar-refractivity contribution is -0.129. The molecule has 3 heteroatoms. The Hall–Kier alpha value is -2.29. The second-order valence-corrected chi connectivity index (χ2v) is 7.31. The fourth-order valence-corrected chi connectivity index (χ4v) is 3.03. The summed E-state index contributed by atoms with van der Waals surface area (Å²) in [5.41, 5.74) is 3.39. The number of hydrogen-bond acceptors (Lipinski definition) is 2. The molecule has 1 N–H and O–H groups in total. The molecule has 1 amide bonds. The molecule has 26 heavy (non-hydrogen) atoms. The molecule has 0 aliphatic carbocycles. The Morgan fingerprint density at radius 1 is 1.04 bits per heavy atom. The van der Waals surface area contributed by atoms with Gasteiger partial charge in [-0.15, -0.1) is 0 Å². The Bertz CT molecular complexity index is 709. The summed E-state index contributed by atoms with van der Waals surface area (Å²) >= 11 is 0. The number of carbonyl (C=O) groups is 1. The summed E-state index contributed by atoms with van der Waals surface area (Å²) in [7, 11) is 0. The van der Waals surface area contributed by atoms with Gasteiger partial charge in [-0.1, -0.05) is 63.2 Å². The lowest BCUT2D eigenvalue weighted by Crippen LogP contribution is -2.40. The maximum Gasteiger partial charge on any atom is 0.261 e. The summed E-state index contributed by atoms with van der Waals surface area (Å²) in [5.74, 6) is 1.22. The van der Waals surface area contributed by atoms with Gasteiger partial charge in [-0.25, -0.2) is 0 Å². The summed E-state index contributed by atoms with van der Waals surface area (Å²) in [4.78, 5) is 12.9. The zero-order chi connectivity index (χ0) is 19.1. The fourth-order valence-electron chi connectivity index (χ4n) is 3.03.